The standard InChI is InChI=1S/C23H20FN5O/c24-18-8-6-15(7-9-18)21-17(12-25-28-21)13-29-11-10-20-19(14-29)23(30)27-22(26-20)16-4-2-1-3-5-16/h1-9,12H,10-11,13-14H2,(H,25,28)(H,26,27,30). The summed E-state index contributed by atoms with van der Waals surface area (Å²) in [7, 11) is 0. The first kappa shape index (κ1) is 18.4. The Hall–Kier alpha value is -3.58. The number of nitrogens with one attached hydrogen (secondary N) is 2. The van der Waals surface area contributed by atoms with E-state index in [1.54, 1.807) is 18.3 Å². The molecule has 0 atom stereocenters. The maximum absolute atomic E-state index is 13.2. The fourth-order valence-electron chi connectivity index (χ4n) is 3.89. The molecule has 0 bridgehead atoms. The van der Waals surface area contributed by atoms with E-state index in [0.29, 0.717) is 30.9 Å². The normalized spacial score (nSPS) is 13.9. The highest BCUT2D eigenvalue weighted by Crippen LogP contribution is 2.25. The van der Waals surface area contributed by atoms with E-state index in [1.807, 2.05) is 30.3 Å². The molecule has 30 heavy (non-hydrogen) atoms. The zero-order chi connectivity index (χ0) is 20.5. The first-order valence-corrected chi connectivity index (χ1v) is 9.85. The molecule has 150 valence electrons. The summed E-state index contributed by atoms with van der Waals surface area (Å²) >= 11 is 0. The number of benzene rings is 2. The second-order valence-corrected chi connectivity index (χ2v) is 7.44. The molecule has 4 aromatic rings. The van der Waals surface area contributed by atoms with Crippen molar-refractivity contribution in [2.75, 3.05) is 6.54 Å². The van der Waals surface area contributed by atoms with Crippen LogP contribution in [0.2, 0.25) is 0 Å². The Kier molecular flexibility index (Phi) is 4.72. The lowest BCUT2D eigenvalue weighted by atomic mass is 10.0. The van der Waals surface area contributed by atoms with Crippen LogP contribution in [-0.4, -0.2) is 31.6 Å². The third kappa shape index (κ3) is 3.55. The Morgan fingerprint density at radius 1 is 1.03 bits per heavy atom. The van der Waals surface area contributed by atoms with Gasteiger partial charge in [-0.25, -0.2) is 9.37 Å². The summed E-state index contributed by atoms with van der Waals surface area (Å²) in [6.45, 7) is 1.97. The molecule has 6 nitrogen and oxygen atoms in total. The molecule has 0 fully saturated rings. The van der Waals surface area contributed by atoms with Gasteiger partial charge in [-0.15, -0.1) is 0 Å². The van der Waals surface area contributed by atoms with E-state index in [0.717, 1.165) is 34.6 Å². The Labute approximate surface area is 172 Å². The van der Waals surface area contributed by atoms with Crippen LogP contribution in [0, 0.1) is 5.82 Å². The van der Waals surface area contributed by atoms with Gasteiger partial charge in [0, 0.05) is 42.7 Å². The molecule has 2 aromatic carbocycles. The lowest BCUT2D eigenvalue weighted by Gasteiger charge is -2.27. The molecule has 2 N–H and O–H groups in total. The minimum absolute atomic E-state index is 0.0884. The van der Waals surface area contributed by atoms with Crippen molar-refractivity contribution in [1.29, 1.82) is 0 Å². The number of aromatic amines is 2. The molecule has 0 saturated carbocycles. The zero-order valence-electron chi connectivity index (χ0n) is 16.2. The van der Waals surface area contributed by atoms with Crippen LogP contribution in [0.15, 0.2) is 65.6 Å². The molecule has 2 aromatic heterocycles. The van der Waals surface area contributed by atoms with Crippen molar-refractivity contribution >= 4 is 0 Å². The molecule has 3 heterocycles. The summed E-state index contributed by atoms with van der Waals surface area (Å²) in [6.07, 6.45) is 2.50. The topological polar surface area (TPSA) is 77.7 Å². The Morgan fingerprint density at radius 2 is 1.83 bits per heavy atom. The molecule has 0 saturated heterocycles. The summed E-state index contributed by atoms with van der Waals surface area (Å²) in [4.78, 5) is 22.6. The quantitative estimate of drug-likeness (QED) is 0.549. The van der Waals surface area contributed by atoms with Crippen LogP contribution < -0.4 is 5.56 Å². The maximum atomic E-state index is 13.2. The molecule has 0 spiro atoms. The van der Waals surface area contributed by atoms with Crippen LogP contribution in [0.3, 0.4) is 0 Å². The van der Waals surface area contributed by atoms with Gasteiger partial charge in [-0.2, -0.15) is 5.10 Å². The number of nitrogens with zero attached hydrogens (tertiary/aromatic N) is 3. The third-order valence-corrected chi connectivity index (χ3v) is 5.44. The van der Waals surface area contributed by atoms with E-state index in [4.69, 9.17) is 4.98 Å². The van der Waals surface area contributed by atoms with E-state index < -0.39 is 0 Å². The van der Waals surface area contributed by atoms with Crippen molar-refractivity contribution < 1.29 is 4.39 Å². The molecule has 5 rings (SSSR count). The van der Waals surface area contributed by atoms with Crippen molar-refractivity contribution in [3.8, 4) is 22.6 Å². The third-order valence-electron chi connectivity index (χ3n) is 5.44. The number of halogens is 1. The largest absolute Gasteiger partial charge is 0.306 e. The van der Waals surface area contributed by atoms with Crippen LogP contribution in [0.25, 0.3) is 22.6 Å². The number of fused-ring (bicyclic) bond motifs is 1. The van der Waals surface area contributed by atoms with Crippen LogP contribution in [0.1, 0.15) is 16.8 Å². The Morgan fingerprint density at radius 3 is 2.63 bits per heavy atom. The van der Waals surface area contributed by atoms with Gasteiger partial charge in [-0.1, -0.05) is 30.3 Å². The zero-order valence-corrected chi connectivity index (χ0v) is 16.2. The van der Waals surface area contributed by atoms with E-state index in [9.17, 15) is 9.18 Å². The van der Waals surface area contributed by atoms with E-state index in [-0.39, 0.29) is 11.4 Å². The van der Waals surface area contributed by atoms with Crippen molar-refractivity contribution in [2.45, 2.75) is 19.5 Å². The van der Waals surface area contributed by atoms with E-state index in [2.05, 4.69) is 20.1 Å². The van der Waals surface area contributed by atoms with Gasteiger partial charge in [-0.05, 0) is 24.3 Å². The second kappa shape index (κ2) is 7.68. The van der Waals surface area contributed by atoms with Crippen LogP contribution in [0.4, 0.5) is 4.39 Å². The number of rotatable bonds is 4. The van der Waals surface area contributed by atoms with Crippen molar-refractivity contribution in [3.05, 3.63) is 93.8 Å². The Balaban J connectivity index is 1.38. The highest BCUT2D eigenvalue weighted by atomic mass is 19.1. The molecular weight excluding hydrogens is 381 g/mol. The minimum Gasteiger partial charge on any atom is -0.306 e. The first-order valence-electron chi connectivity index (χ1n) is 9.85. The average Bonchev–Trinajstić information content (AvgIpc) is 3.23. The minimum atomic E-state index is -0.269. The van der Waals surface area contributed by atoms with Crippen LogP contribution >= 0.6 is 0 Å². The molecule has 0 aliphatic carbocycles. The van der Waals surface area contributed by atoms with Crippen LogP contribution in [0.5, 0.6) is 0 Å². The fraction of sp³-hybridized carbons (Fsp3) is 0.174. The average molecular weight is 401 g/mol. The van der Waals surface area contributed by atoms with Gasteiger partial charge in [0.15, 0.2) is 0 Å². The summed E-state index contributed by atoms with van der Waals surface area (Å²) in [5.41, 5.74) is 5.15. The molecular formula is C23H20FN5O. The predicted octanol–water partition coefficient (Wildman–Crippen LogP) is 3.52. The predicted molar refractivity (Wildman–Crippen MR) is 112 cm³/mol. The smallest absolute Gasteiger partial charge is 0.255 e. The number of hydrogen-bond acceptors (Lipinski definition) is 4. The van der Waals surface area contributed by atoms with Gasteiger partial charge < -0.3 is 4.98 Å². The van der Waals surface area contributed by atoms with Crippen LogP contribution in [-0.2, 0) is 19.5 Å². The lowest BCUT2D eigenvalue weighted by molar-refractivity contribution is 0.242. The summed E-state index contributed by atoms with van der Waals surface area (Å²) in [5, 5.41) is 7.18. The first-order chi connectivity index (χ1) is 14.7. The fourth-order valence-corrected chi connectivity index (χ4v) is 3.89. The van der Waals surface area contributed by atoms with E-state index in [1.165, 1.54) is 12.1 Å². The SMILES string of the molecule is O=c1[nH]c(-c2ccccc2)nc2c1CN(Cc1cn[nH]c1-c1ccc(F)cc1)CC2. The van der Waals surface area contributed by atoms with Gasteiger partial charge >= 0.3 is 0 Å². The molecule has 0 amide bonds. The maximum Gasteiger partial charge on any atom is 0.255 e. The number of hydrogen-bond donors (Lipinski definition) is 2. The van der Waals surface area contributed by atoms with Gasteiger partial charge in [0.05, 0.1) is 23.1 Å². The molecule has 0 radical (unpaired) electrons. The van der Waals surface area contributed by atoms with Crippen molar-refractivity contribution in [1.82, 2.24) is 25.1 Å². The molecule has 0 unspecified atom stereocenters. The monoisotopic (exact) mass is 401 g/mol. The van der Waals surface area contributed by atoms with Gasteiger partial charge in [-0.3, -0.25) is 14.8 Å². The summed E-state index contributed by atoms with van der Waals surface area (Å²) in [5.74, 6) is 0.343. The molecule has 1 aliphatic rings. The van der Waals surface area contributed by atoms with Crippen molar-refractivity contribution in [3.63, 3.8) is 0 Å². The number of aromatic nitrogens is 4. The Bertz CT molecular complexity index is 1230. The summed E-state index contributed by atoms with van der Waals surface area (Å²) < 4.78 is 13.2. The van der Waals surface area contributed by atoms with Crippen molar-refractivity contribution in [2.24, 2.45) is 0 Å². The van der Waals surface area contributed by atoms with Gasteiger partial charge in [0.2, 0.25) is 0 Å². The van der Waals surface area contributed by atoms with Gasteiger partial charge in [0.25, 0.3) is 5.56 Å². The number of H-pyrrole nitrogens is 2. The lowest BCUT2D eigenvalue weighted by Crippen LogP contribution is -2.35. The molecule has 1 aliphatic heterocycles. The van der Waals surface area contributed by atoms with Gasteiger partial charge in [0.1, 0.15) is 11.6 Å². The highest BCUT2D eigenvalue weighted by Gasteiger charge is 2.23. The van der Waals surface area contributed by atoms with E-state index >= 15 is 0 Å². The highest BCUT2D eigenvalue weighted by molar-refractivity contribution is 5.62. The summed E-state index contributed by atoms with van der Waals surface area (Å²) in [6, 6.07) is 16.0. The molecule has 7 heteroatoms. The second-order valence-electron chi connectivity index (χ2n) is 7.44.